The van der Waals surface area contributed by atoms with Crippen molar-refractivity contribution in [2.45, 2.75) is 58.5 Å². The van der Waals surface area contributed by atoms with Gasteiger partial charge in [0.1, 0.15) is 12.2 Å². The summed E-state index contributed by atoms with van der Waals surface area (Å²) in [6.07, 6.45) is -3.64. The third kappa shape index (κ3) is 5.05. The molecule has 0 saturated heterocycles. The van der Waals surface area contributed by atoms with Crippen molar-refractivity contribution in [1.29, 1.82) is 0 Å². The lowest BCUT2D eigenvalue weighted by Gasteiger charge is -2.25. The van der Waals surface area contributed by atoms with Crippen molar-refractivity contribution in [2.24, 2.45) is 0 Å². The van der Waals surface area contributed by atoms with Crippen LogP contribution in [0.3, 0.4) is 0 Å². The molecule has 0 spiro atoms. The monoisotopic (exact) mass is 302 g/mol. The van der Waals surface area contributed by atoms with Crippen molar-refractivity contribution in [3.63, 3.8) is 0 Å². The zero-order valence-electron chi connectivity index (χ0n) is 12.3. The van der Waals surface area contributed by atoms with Crippen LogP contribution >= 0.6 is 0 Å². The average molecular weight is 302 g/mol. The molecule has 118 valence electrons. The lowest BCUT2D eigenvalue weighted by Crippen LogP contribution is -2.41. The minimum Gasteiger partial charge on any atom is -0.458 e. The van der Waals surface area contributed by atoms with E-state index in [0.717, 1.165) is 0 Å². The lowest BCUT2D eigenvalue weighted by molar-refractivity contribution is -0.180. The Labute approximate surface area is 121 Å². The van der Waals surface area contributed by atoms with Crippen LogP contribution in [0.15, 0.2) is 0 Å². The van der Waals surface area contributed by atoms with Gasteiger partial charge in [-0.3, -0.25) is 19.2 Å². The van der Waals surface area contributed by atoms with E-state index in [0.29, 0.717) is 0 Å². The molecule has 0 aromatic heterocycles. The van der Waals surface area contributed by atoms with Gasteiger partial charge < -0.3 is 18.9 Å². The SMILES string of the molecule is CC(=O)O[C@@H]1[C@H](OC(C)=O)[C@H](OC(C)=O)C[C@@H]1OC(C)=O. The molecule has 0 radical (unpaired) electrons. The Hall–Kier alpha value is -2.12. The minimum absolute atomic E-state index is 0.0784. The van der Waals surface area contributed by atoms with E-state index < -0.39 is 48.3 Å². The van der Waals surface area contributed by atoms with E-state index in [1.54, 1.807) is 0 Å². The number of esters is 4. The summed E-state index contributed by atoms with van der Waals surface area (Å²) < 4.78 is 20.2. The normalized spacial score (nSPS) is 27.6. The van der Waals surface area contributed by atoms with Crippen LogP contribution in [0.25, 0.3) is 0 Å². The molecule has 0 aromatic carbocycles. The summed E-state index contributed by atoms with van der Waals surface area (Å²) in [4.78, 5) is 44.6. The van der Waals surface area contributed by atoms with Gasteiger partial charge in [-0.2, -0.15) is 0 Å². The van der Waals surface area contributed by atoms with E-state index in [9.17, 15) is 19.2 Å². The third-order valence-corrected chi connectivity index (χ3v) is 2.76. The van der Waals surface area contributed by atoms with Crippen LogP contribution in [0.2, 0.25) is 0 Å². The van der Waals surface area contributed by atoms with Crippen LogP contribution < -0.4 is 0 Å². The quantitative estimate of drug-likeness (QED) is 0.532. The predicted molar refractivity (Wildman–Crippen MR) is 66.8 cm³/mol. The van der Waals surface area contributed by atoms with Crippen molar-refractivity contribution in [3.8, 4) is 0 Å². The zero-order chi connectivity index (χ0) is 16.2. The second-order valence-corrected chi connectivity index (χ2v) is 4.68. The van der Waals surface area contributed by atoms with Crippen LogP contribution in [-0.4, -0.2) is 48.3 Å². The van der Waals surface area contributed by atoms with Gasteiger partial charge in [0.25, 0.3) is 0 Å². The summed E-state index contributed by atoms with van der Waals surface area (Å²) in [5.74, 6) is -2.42. The largest absolute Gasteiger partial charge is 0.458 e. The van der Waals surface area contributed by atoms with Crippen molar-refractivity contribution < 1.29 is 38.1 Å². The number of rotatable bonds is 4. The fraction of sp³-hybridized carbons (Fsp3) is 0.692. The van der Waals surface area contributed by atoms with Gasteiger partial charge in [0.05, 0.1) is 0 Å². The summed E-state index contributed by atoms with van der Waals surface area (Å²) in [5, 5.41) is 0. The molecule has 1 aliphatic carbocycles. The Balaban J connectivity index is 2.99. The Kier molecular flexibility index (Phi) is 5.69. The van der Waals surface area contributed by atoms with Crippen molar-refractivity contribution in [1.82, 2.24) is 0 Å². The van der Waals surface area contributed by atoms with Crippen LogP contribution in [0.5, 0.6) is 0 Å². The smallest absolute Gasteiger partial charge is 0.303 e. The first-order valence-corrected chi connectivity index (χ1v) is 6.39. The highest BCUT2D eigenvalue weighted by Crippen LogP contribution is 2.31. The van der Waals surface area contributed by atoms with Gasteiger partial charge in [-0.1, -0.05) is 0 Å². The summed E-state index contributed by atoms with van der Waals surface area (Å²) in [6.45, 7) is 4.75. The summed E-state index contributed by atoms with van der Waals surface area (Å²) >= 11 is 0. The molecule has 0 heterocycles. The fourth-order valence-electron chi connectivity index (χ4n) is 2.25. The highest BCUT2D eigenvalue weighted by molar-refractivity contribution is 5.69. The second-order valence-electron chi connectivity index (χ2n) is 4.68. The van der Waals surface area contributed by atoms with E-state index in [4.69, 9.17) is 18.9 Å². The number of hydrogen-bond donors (Lipinski definition) is 0. The Morgan fingerprint density at radius 3 is 1.14 bits per heavy atom. The topological polar surface area (TPSA) is 105 Å². The molecule has 1 rings (SSSR count). The summed E-state index contributed by atoms with van der Waals surface area (Å²) in [7, 11) is 0. The molecule has 0 amide bonds. The molecule has 8 heteroatoms. The third-order valence-electron chi connectivity index (χ3n) is 2.76. The Morgan fingerprint density at radius 1 is 0.619 bits per heavy atom. The van der Waals surface area contributed by atoms with E-state index in [-0.39, 0.29) is 6.42 Å². The highest BCUT2D eigenvalue weighted by Gasteiger charge is 2.51. The van der Waals surface area contributed by atoms with Gasteiger partial charge in [0.15, 0.2) is 12.2 Å². The first-order valence-electron chi connectivity index (χ1n) is 6.39. The van der Waals surface area contributed by atoms with Crippen LogP contribution in [-0.2, 0) is 38.1 Å². The first kappa shape index (κ1) is 16.9. The maximum atomic E-state index is 11.2. The van der Waals surface area contributed by atoms with E-state index in [2.05, 4.69) is 0 Å². The Bertz CT molecular complexity index is 403. The molecule has 1 fully saturated rings. The molecule has 8 nitrogen and oxygen atoms in total. The molecular weight excluding hydrogens is 284 g/mol. The molecule has 0 aliphatic heterocycles. The van der Waals surface area contributed by atoms with Gasteiger partial charge in [-0.15, -0.1) is 0 Å². The molecule has 0 N–H and O–H groups in total. The standard InChI is InChI=1S/C13H18O8/c1-6(14)18-10-5-11(19-7(2)15)13(21-9(4)17)12(10)20-8(3)16/h10-13H,5H2,1-4H3/t10-,11+,12-,13+. The fourth-order valence-corrected chi connectivity index (χ4v) is 2.25. The predicted octanol–water partition coefficient (Wildman–Crippen LogP) is 0.117. The Morgan fingerprint density at radius 2 is 0.905 bits per heavy atom. The minimum atomic E-state index is -1.01. The number of hydrogen-bond acceptors (Lipinski definition) is 8. The molecule has 0 unspecified atom stereocenters. The maximum absolute atomic E-state index is 11.2. The van der Waals surface area contributed by atoms with Gasteiger partial charge in [-0.25, -0.2) is 0 Å². The molecule has 0 bridgehead atoms. The summed E-state index contributed by atoms with van der Waals surface area (Å²) in [6, 6.07) is 0. The first-order chi connectivity index (χ1) is 9.70. The van der Waals surface area contributed by atoms with E-state index in [1.165, 1.54) is 27.7 Å². The molecule has 1 saturated carbocycles. The highest BCUT2D eigenvalue weighted by atomic mass is 16.6. The molecular formula is C13H18O8. The molecule has 0 aromatic rings. The van der Waals surface area contributed by atoms with Gasteiger partial charge in [0.2, 0.25) is 0 Å². The zero-order valence-corrected chi connectivity index (χ0v) is 12.3. The summed E-state index contributed by atoms with van der Waals surface area (Å²) in [5.41, 5.74) is 0. The molecule has 21 heavy (non-hydrogen) atoms. The van der Waals surface area contributed by atoms with Crippen molar-refractivity contribution >= 4 is 23.9 Å². The molecule has 4 atom stereocenters. The second kappa shape index (κ2) is 7.05. The number of carbonyl (C=O) groups excluding carboxylic acids is 4. The van der Waals surface area contributed by atoms with Crippen LogP contribution in [0.1, 0.15) is 34.1 Å². The van der Waals surface area contributed by atoms with Crippen molar-refractivity contribution in [3.05, 3.63) is 0 Å². The maximum Gasteiger partial charge on any atom is 0.303 e. The van der Waals surface area contributed by atoms with Gasteiger partial charge in [-0.05, 0) is 0 Å². The van der Waals surface area contributed by atoms with E-state index >= 15 is 0 Å². The van der Waals surface area contributed by atoms with Gasteiger partial charge in [0, 0.05) is 34.1 Å². The number of ether oxygens (including phenoxy) is 4. The molecule has 1 aliphatic rings. The van der Waals surface area contributed by atoms with Crippen molar-refractivity contribution in [2.75, 3.05) is 0 Å². The lowest BCUT2D eigenvalue weighted by atomic mass is 10.2. The van der Waals surface area contributed by atoms with Crippen LogP contribution in [0, 0.1) is 0 Å². The van der Waals surface area contributed by atoms with Crippen LogP contribution in [0.4, 0.5) is 0 Å². The average Bonchev–Trinajstić information content (AvgIpc) is 2.55. The van der Waals surface area contributed by atoms with Gasteiger partial charge >= 0.3 is 23.9 Å². The van der Waals surface area contributed by atoms with E-state index in [1.807, 2.05) is 0 Å². The number of carbonyl (C=O) groups is 4.